The van der Waals surface area contributed by atoms with E-state index in [1.807, 2.05) is 63.2 Å². The second kappa shape index (κ2) is 10.2. The molecule has 3 aliphatic rings. The standard InChI is InChI=1S/C29H36N4O4/c1-17(2)37-29(36)32-16-18(3)33(19(4)34)26-12-9-22(13-27(26)32)20-5-7-21(8-6-20)28(35)31-25-14-23-10-11-24(15-25)30-23/h5-9,12-13,17-18,23-25,30H,10-11,14-16H2,1-4H3,(H,31,35). The van der Waals surface area contributed by atoms with Gasteiger partial charge in [0.2, 0.25) is 5.91 Å². The molecule has 0 saturated carbocycles. The molecule has 8 heteroatoms. The molecule has 0 aliphatic carbocycles. The zero-order valence-electron chi connectivity index (χ0n) is 22.0. The molecule has 3 amide bonds. The molecule has 2 saturated heterocycles. The van der Waals surface area contributed by atoms with Crippen LogP contribution < -0.4 is 20.4 Å². The number of anilines is 2. The molecule has 0 aromatic heterocycles. The highest BCUT2D eigenvalue weighted by atomic mass is 16.6. The highest BCUT2D eigenvalue weighted by Crippen LogP contribution is 2.39. The fourth-order valence-corrected chi connectivity index (χ4v) is 5.98. The summed E-state index contributed by atoms with van der Waals surface area (Å²) in [5.74, 6) is -0.118. The molecular weight excluding hydrogens is 468 g/mol. The van der Waals surface area contributed by atoms with Crippen LogP contribution in [0.15, 0.2) is 42.5 Å². The van der Waals surface area contributed by atoms with Gasteiger partial charge in [0.1, 0.15) is 0 Å². The number of piperidine rings is 1. The zero-order chi connectivity index (χ0) is 26.3. The minimum atomic E-state index is -0.429. The van der Waals surface area contributed by atoms with Crippen LogP contribution in [0.1, 0.15) is 63.7 Å². The number of nitrogens with zero attached hydrogens (tertiary/aromatic N) is 2. The predicted octanol–water partition coefficient (Wildman–Crippen LogP) is 4.47. The summed E-state index contributed by atoms with van der Waals surface area (Å²) in [5, 5.41) is 6.82. The molecule has 3 aliphatic heterocycles. The number of benzene rings is 2. The van der Waals surface area contributed by atoms with E-state index in [0.717, 1.165) is 24.0 Å². The molecule has 2 fully saturated rings. The summed E-state index contributed by atoms with van der Waals surface area (Å²) in [4.78, 5) is 41.6. The van der Waals surface area contributed by atoms with Gasteiger partial charge in [-0.25, -0.2) is 4.79 Å². The second-order valence-corrected chi connectivity index (χ2v) is 10.8. The van der Waals surface area contributed by atoms with E-state index in [9.17, 15) is 14.4 Å². The van der Waals surface area contributed by atoms with Crippen molar-refractivity contribution in [3.8, 4) is 11.1 Å². The van der Waals surface area contributed by atoms with Gasteiger partial charge in [0.05, 0.1) is 23.5 Å². The van der Waals surface area contributed by atoms with E-state index in [4.69, 9.17) is 4.74 Å². The summed E-state index contributed by atoms with van der Waals surface area (Å²) < 4.78 is 5.49. The first-order valence-corrected chi connectivity index (χ1v) is 13.3. The van der Waals surface area contributed by atoms with Crippen LogP contribution in [0.4, 0.5) is 16.2 Å². The van der Waals surface area contributed by atoms with Crippen LogP contribution in [0, 0.1) is 0 Å². The molecule has 196 valence electrons. The van der Waals surface area contributed by atoms with Gasteiger partial charge in [-0.1, -0.05) is 18.2 Å². The third-order valence-electron chi connectivity index (χ3n) is 7.60. The number of ether oxygens (including phenoxy) is 1. The zero-order valence-corrected chi connectivity index (χ0v) is 22.0. The van der Waals surface area contributed by atoms with Crippen LogP contribution in [-0.2, 0) is 9.53 Å². The van der Waals surface area contributed by atoms with Gasteiger partial charge in [0.25, 0.3) is 5.91 Å². The Balaban J connectivity index is 1.37. The van der Waals surface area contributed by atoms with E-state index in [2.05, 4.69) is 10.6 Å². The number of amides is 3. The van der Waals surface area contributed by atoms with Crippen molar-refractivity contribution >= 4 is 29.3 Å². The van der Waals surface area contributed by atoms with E-state index < -0.39 is 6.09 Å². The number of rotatable bonds is 4. The van der Waals surface area contributed by atoms with E-state index in [1.54, 1.807) is 9.80 Å². The van der Waals surface area contributed by atoms with E-state index in [-0.39, 0.29) is 30.0 Å². The van der Waals surface area contributed by atoms with Crippen molar-refractivity contribution in [2.24, 2.45) is 0 Å². The van der Waals surface area contributed by atoms with Gasteiger partial charge in [-0.2, -0.15) is 0 Å². The highest BCUT2D eigenvalue weighted by molar-refractivity contribution is 6.03. The van der Waals surface area contributed by atoms with Crippen LogP contribution >= 0.6 is 0 Å². The first-order chi connectivity index (χ1) is 17.7. The Hall–Kier alpha value is -3.39. The molecule has 0 radical (unpaired) electrons. The molecule has 3 heterocycles. The van der Waals surface area contributed by atoms with Crippen molar-refractivity contribution in [3.05, 3.63) is 48.0 Å². The maximum atomic E-state index is 12.9. The Morgan fingerprint density at radius 3 is 2.24 bits per heavy atom. The van der Waals surface area contributed by atoms with Gasteiger partial charge in [0, 0.05) is 37.2 Å². The van der Waals surface area contributed by atoms with Crippen molar-refractivity contribution < 1.29 is 19.1 Å². The SMILES string of the molecule is CC(=O)N1c2ccc(-c3ccc(C(=O)NC4CC5CCC(C4)N5)cc3)cc2N(C(=O)OC(C)C)CC1C. The van der Waals surface area contributed by atoms with Crippen molar-refractivity contribution in [3.63, 3.8) is 0 Å². The summed E-state index contributed by atoms with van der Waals surface area (Å²) in [7, 11) is 0. The Kier molecular flexibility index (Phi) is 6.94. The van der Waals surface area contributed by atoms with Crippen LogP contribution in [0.2, 0.25) is 0 Å². The number of hydrogen-bond donors (Lipinski definition) is 2. The fraction of sp³-hybridized carbons (Fsp3) is 0.483. The lowest BCUT2D eigenvalue weighted by Crippen LogP contribution is -2.51. The first kappa shape index (κ1) is 25.3. The minimum absolute atomic E-state index is 0.0445. The Bertz CT molecular complexity index is 1180. The minimum Gasteiger partial charge on any atom is -0.446 e. The number of carbonyl (C=O) groups excluding carboxylic acids is 3. The third kappa shape index (κ3) is 5.21. The largest absolute Gasteiger partial charge is 0.446 e. The van der Waals surface area contributed by atoms with Crippen LogP contribution in [-0.4, -0.2) is 54.7 Å². The van der Waals surface area contributed by atoms with E-state index >= 15 is 0 Å². The Labute approximate surface area is 218 Å². The summed E-state index contributed by atoms with van der Waals surface area (Å²) in [6, 6.07) is 14.4. The Morgan fingerprint density at radius 1 is 0.973 bits per heavy atom. The van der Waals surface area contributed by atoms with Gasteiger partial charge in [0.15, 0.2) is 0 Å². The lowest BCUT2D eigenvalue weighted by Gasteiger charge is -2.40. The summed E-state index contributed by atoms with van der Waals surface area (Å²) in [6.45, 7) is 7.44. The van der Waals surface area contributed by atoms with E-state index in [0.29, 0.717) is 35.6 Å². The molecular formula is C29H36N4O4. The Morgan fingerprint density at radius 2 is 1.62 bits per heavy atom. The van der Waals surface area contributed by atoms with Gasteiger partial charge < -0.3 is 20.3 Å². The van der Waals surface area contributed by atoms with Gasteiger partial charge in [-0.15, -0.1) is 0 Å². The van der Waals surface area contributed by atoms with Crippen LogP contribution in [0.3, 0.4) is 0 Å². The summed E-state index contributed by atoms with van der Waals surface area (Å²) >= 11 is 0. The van der Waals surface area contributed by atoms with Gasteiger partial charge in [-0.05, 0) is 81.8 Å². The highest BCUT2D eigenvalue weighted by Gasteiger charge is 2.35. The number of nitrogens with one attached hydrogen (secondary N) is 2. The predicted molar refractivity (Wildman–Crippen MR) is 144 cm³/mol. The molecule has 8 nitrogen and oxygen atoms in total. The first-order valence-electron chi connectivity index (χ1n) is 13.3. The van der Waals surface area contributed by atoms with Crippen molar-refractivity contribution in [1.29, 1.82) is 0 Å². The number of carbonyl (C=O) groups is 3. The average Bonchev–Trinajstić information content (AvgIpc) is 3.20. The molecule has 2 aromatic carbocycles. The third-order valence-corrected chi connectivity index (χ3v) is 7.60. The molecule has 37 heavy (non-hydrogen) atoms. The fourth-order valence-electron chi connectivity index (χ4n) is 5.98. The molecule has 3 unspecified atom stereocenters. The second-order valence-electron chi connectivity index (χ2n) is 10.8. The normalized spacial score (nSPS) is 24.6. The maximum absolute atomic E-state index is 12.9. The van der Waals surface area contributed by atoms with Crippen LogP contribution in [0.25, 0.3) is 11.1 Å². The lowest BCUT2D eigenvalue weighted by molar-refractivity contribution is -0.117. The molecule has 2 bridgehead atoms. The smallest absolute Gasteiger partial charge is 0.414 e. The van der Waals surface area contributed by atoms with E-state index in [1.165, 1.54) is 19.8 Å². The number of hydrogen-bond acceptors (Lipinski definition) is 5. The monoisotopic (exact) mass is 504 g/mol. The summed E-state index contributed by atoms with van der Waals surface area (Å²) in [6.07, 6.45) is 3.69. The molecule has 2 N–H and O–H groups in total. The average molecular weight is 505 g/mol. The molecule has 0 spiro atoms. The number of fused-ring (bicyclic) bond motifs is 3. The topological polar surface area (TPSA) is 91.0 Å². The van der Waals surface area contributed by atoms with Crippen molar-refractivity contribution in [2.45, 2.75) is 83.6 Å². The molecule has 3 atom stereocenters. The molecule has 2 aromatic rings. The quantitative estimate of drug-likeness (QED) is 0.641. The van der Waals surface area contributed by atoms with Gasteiger partial charge in [-0.3, -0.25) is 14.5 Å². The maximum Gasteiger partial charge on any atom is 0.414 e. The molecule has 5 rings (SSSR count). The lowest BCUT2D eigenvalue weighted by atomic mass is 9.98. The van der Waals surface area contributed by atoms with Gasteiger partial charge >= 0.3 is 6.09 Å². The van der Waals surface area contributed by atoms with Crippen LogP contribution in [0.5, 0.6) is 0 Å². The summed E-state index contributed by atoms with van der Waals surface area (Å²) in [5.41, 5.74) is 3.76. The van der Waals surface area contributed by atoms with Crippen molar-refractivity contribution in [2.75, 3.05) is 16.3 Å². The van der Waals surface area contributed by atoms with Crippen molar-refractivity contribution in [1.82, 2.24) is 10.6 Å².